The van der Waals surface area contributed by atoms with E-state index in [1.165, 1.54) is 22.3 Å². The molecule has 2 aromatic heterocycles. The summed E-state index contributed by atoms with van der Waals surface area (Å²) in [6.45, 7) is 0. The van der Waals surface area contributed by atoms with Crippen molar-refractivity contribution in [2.45, 2.75) is 10.7 Å². The maximum absolute atomic E-state index is 5.32. The SMILES string of the molecule is C1=CC2S/C=C/C=C\C=C\C3(c4cccc(-c5nc(-c6ccccc6)nc(-c6ccccc6)n5)c4-c4c(-c5ccc(-c6ccccc6)c6cccnc56)cccc43)C2C=C1. The largest absolute Gasteiger partial charge is 0.256 e. The summed E-state index contributed by atoms with van der Waals surface area (Å²) < 4.78 is 0. The number of benzene rings is 6. The van der Waals surface area contributed by atoms with Gasteiger partial charge in [-0.1, -0.05) is 200 Å². The Kier molecular flexibility index (Phi) is 9.09. The van der Waals surface area contributed by atoms with Crippen LogP contribution in [0.25, 0.3) is 78.4 Å². The van der Waals surface area contributed by atoms with Crippen molar-refractivity contribution < 1.29 is 0 Å². The minimum Gasteiger partial charge on any atom is -0.256 e. The number of thioether (sulfide) groups is 1. The number of fused-ring (bicyclic) bond motifs is 8. The molecule has 0 radical (unpaired) electrons. The zero-order valence-electron chi connectivity index (χ0n) is 32.6. The van der Waals surface area contributed by atoms with Crippen LogP contribution in [0.3, 0.4) is 0 Å². The maximum atomic E-state index is 5.32. The Morgan fingerprint density at radius 2 is 1.03 bits per heavy atom. The van der Waals surface area contributed by atoms with Gasteiger partial charge in [0.25, 0.3) is 0 Å². The highest BCUT2D eigenvalue weighted by molar-refractivity contribution is 8.02. The van der Waals surface area contributed by atoms with E-state index in [2.05, 4.69) is 169 Å². The maximum Gasteiger partial charge on any atom is 0.164 e. The molecule has 0 saturated carbocycles. The Labute approximate surface area is 354 Å². The summed E-state index contributed by atoms with van der Waals surface area (Å²) in [5.74, 6) is 2.00. The van der Waals surface area contributed by atoms with Gasteiger partial charge in [-0.25, -0.2) is 15.0 Å². The Bertz CT molecular complexity index is 3020. The molecule has 0 saturated heterocycles. The average Bonchev–Trinajstić information content (AvgIpc) is 3.62. The predicted molar refractivity (Wildman–Crippen MR) is 249 cm³/mol. The monoisotopic (exact) mass is 786 g/mol. The van der Waals surface area contributed by atoms with Crippen molar-refractivity contribution in [2.75, 3.05) is 0 Å². The van der Waals surface area contributed by atoms with Crippen LogP contribution >= 0.6 is 11.8 Å². The molecule has 6 aromatic carbocycles. The Morgan fingerprint density at radius 1 is 0.433 bits per heavy atom. The van der Waals surface area contributed by atoms with Gasteiger partial charge in [0, 0.05) is 50.4 Å². The fourth-order valence-corrected chi connectivity index (χ4v) is 10.4. The number of hydrogen-bond donors (Lipinski definition) is 0. The van der Waals surface area contributed by atoms with Gasteiger partial charge in [0.1, 0.15) is 0 Å². The van der Waals surface area contributed by atoms with E-state index in [1.807, 2.05) is 60.4 Å². The van der Waals surface area contributed by atoms with Crippen LogP contribution in [0.5, 0.6) is 0 Å². The van der Waals surface area contributed by atoms with Crippen LogP contribution < -0.4 is 0 Å². The molecular weight excluding hydrogens is 749 g/mol. The van der Waals surface area contributed by atoms with E-state index in [0.717, 1.165) is 49.8 Å². The number of pyridine rings is 1. The minimum absolute atomic E-state index is 0.0962. The quantitative estimate of drug-likeness (QED) is 0.174. The highest BCUT2D eigenvalue weighted by Crippen LogP contribution is 2.61. The molecule has 0 fully saturated rings. The van der Waals surface area contributed by atoms with Crippen LogP contribution in [0.1, 0.15) is 11.1 Å². The molecule has 5 heteroatoms. The molecular formula is C55H38N4S. The van der Waals surface area contributed by atoms with Crippen LogP contribution in [0.4, 0.5) is 0 Å². The van der Waals surface area contributed by atoms with Crippen molar-refractivity contribution in [3.05, 3.63) is 229 Å². The van der Waals surface area contributed by atoms with E-state index in [1.54, 1.807) is 0 Å². The fourth-order valence-electron chi connectivity index (χ4n) is 9.37. The van der Waals surface area contributed by atoms with Crippen molar-refractivity contribution in [3.8, 4) is 67.5 Å². The summed E-state index contributed by atoms with van der Waals surface area (Å²) in [7, 11) is 0. The van der Waals surface area contributed by atoms with E-state index in [4.69, 9.17) is 19.9 Å². The fraction of sp³-hybridized carbons (Fsp3) is 0.0545. The van der Waals surface area contributed by atoms with E-state index < -0.39 is 5.41 Å². The Balaban J connectivity index is 1.24. The third-order valence-electron chi connectivity index (χ3n) is 12.0. The lowest BCUT2D eigenvalue weighted by molar-refractivity contribution is 0.482. The summed E-state index contributed by atoms with van der Waals surface area (Å²) in [5.41, 5.74) is 12.6. The third kappa shape index (κ3) is 6.01. The van der Waals surface area contributed by atoms with Gasteiger partial charge in [-0.2, -0.15) is 0 Å². The molecule has 284 valence electrons. The first-order chi connectivity index (χ1) is 29.8. The first-order valence-corrected chi connectivity index (χ1v) is 21.3. The predicted octanol–water partition coefficient (Wildman–Crippen LogP) is 13.5. The highest BCUT2D eigenvalue weighted by atomic mass is 32.2. The average molecular weight is 787 g/mol. The molecule has 3 aliphatic rings. The standard InChI is InChI=1S/C55H38N4S/c1-2-15-36-60-48-31-13-12-28-45(48)55(34-14-1)46-29-16-25-41(43-33-32-40(37-19-6-3-7-20-37)42-27-18-35-56-51(42)43)49(46)50-44(26-17-30-47(50)55)54-58-52(38-21-8-4-9-22-38)57-53(59-54)39-23-10-5-11-24-39/h1-36,45,48H/b2-1-,34-14+,36-15+. The molecule has 60 heavy (non-hydrogen) atoms. The van der Waals surface area contributed by atoms with Gasteiger partial charge in [0.05, 0.1) is 5.52 Å². The molecule has 0 bridgehead atoms. The minimum atomic E-state index is -0.532. The van der Waals surface area contributed by atoms with Crippen molar-refractivity contribution in [2.24, 2.45) is 5.92 Å². The number of aromatic nitrogens is 4. The molecule has 3 heterocycles. The van der Waals surface area contributed by atoms with Crippen LogP contribution in [0, 0.1) is 5.92 Å². The van der Waals surface area contributed by atoms with E-state index in [0.29, 0.717) is 17.5 Å². The molecule has 0 amide bonds. The van der Waals surface area contributed by atoms with Crippen LogP contribution in [0.15, 0.2) is 218 Å². The van der Waals surface area contributed by atoms with E-state index in [-0.39, 0.29) is 11.2 Å². The number of rotatable bonds is 5. The van der Waals surface area contributed by atoms with Crippen molar-refractivity contribution in [3.63, 3.8) is 0 Å². The molecule has 0 N–H and O–H groups in total. The first-order valence-electron chi connectivity index (χ1n) is 20.4. The number of nitrogens with zero attached hydrogens (tertiary/aromatic N) is 4. The Hall–Kier alpha value is -7.21. The molecule has 11 rings (SSSR count). The van der Waals surface area contributed by atoms with Crippen LogP contribution in [-0.4, -0.2) is 25.2 Å². The van der Waals surface area contributed by atoms with Crippen LogP contribution in [0.2, 0.25) is 0 Å². The summed E-state index contributed by atoms with van der Waals surface area (Å²) >= 11 is 1.87. The van der Waals surface area contributed by atoms with Gasteiger partial charge in [-0.3, -0.25) is 4.98 Å². The van der Waals surface area contributed by atoms with E-state index in [9.17, 15) is 0 Å². The lowest BCUT2D eigenvalue weighted by atomic mass is 9.65. The topological polar surface area (TPSA) is 51.6 Å². The molecule has 3 atom stereocenters. The summed E-state index contributed by atoms with van der Waals surface area (Å²) in [6.07, 6.45) is 22.2. The number of allylic oxidation sites excluding steroid dienone is 8. The number of hydrogen-bond acceptors (Lipinski definition) is 5. The second kappa shape index (κ2) is 15.2. The van der Waals surface area contributed by atoms with Gasteiger partial charge in [0.15, 0.2) is 17.5 Å². The van der Waals surface area contributed by atoms with Gasteiger partial charge in [0.2, 0.25) is 0 Å². The third-order valence-corrected chi connectivity index (χ3v) is 13.1. The van der Waals surface area contributed by atoms with Gasteiger partial charge in [-0.15, -0.1) is 11.8 Å². The molecule has 1 aliphatic heterocycles. The zero-order valence-corrected chi connectivity index (χ0v) is 33.5. The normalized spacial score (nSPS) is 20.3. The lowest BCUT2D eigenvalue weighted by Gasteiger charge is -2.40. The summed E-state index contributed by atoms with van der Waals surface area (Å²) in [4.78, 5) is 20.8. The molecule has 1 spiro atoms. The summed E-state index contributed by atoms with van der Waals surface area (Å²) in [6, 6.07) is 53.4. The van der Waals surface area contributed by atoms with Crippen molar-refractivity contribution >= 4 is 22.7 Å². The second-order valence-corrected chi connectivity index (χ2v) is 16.3. The molecule has 3 unspecified atom stereocenters. The lowest BCUT2D eigenvalue weighted by Crippen LogP contribution is -2.38. The highest BCUT2D eigenvalue weighted by Gasteiger charge is 2.50. The van der Waals surface area contributed by atoms with Crippen molar-refractivity contribution in [1.29, 1.82) is 0 Å². The van der Waals surface area contributed by atoms with Crippen molar-refractivity contribution in [1.82, 2.24) is 19.9 Å². The zero-order chi connectivity index (χ0) is 39.9. The van der Waals surface area contributed by atoms with E-state index >= 15 is 0 Å². The molecule has 4 nitrogen and oxygen atoms in total. The molecule has 8 aromatic rings. The van der Waals surface area contributed by atoms with Gasteiger partial charge in [-0.05, 0) is 50.4 Å². The second-order valence-electron chi connectivity index (χ2n) is 15.3. The summed E-state index contributed by atoms with van der Waals surface area (Å²) in [5, 5.41) is 3.53. The van der Waals surface area contributed by atoms with Crippen LogP contribution in [-0.2, 0) is 5.41 Å². The Morgan fingerprint density at radius 3 is 1.75 bits per heavy atom. The molecule has 2 aliphatic carbocycles. The smallest absolute Gasteiger partial charge is 0.164 e. The first kappa shape index (κ1) is 35.9. The van der Waals surface area contributed by atoms with Gasteiger partial charge >= 0.3 is 0 Å². The van der Waals surface area contributed by atoms with Gasteiger partial charge < -0.3 is 0 Å².